The van der Waals surface area contributed by atoms with Crippen molar-refractivity contribution in [2.45, 2.75) is 19.4 Å². The predicted octanol–water partition coefficient (Wildman–Crippen LogP) is 4.84. The van der Waals surface area contributed by atoms with Gasteiger partial charge in [0.25, 0.3) is 0 Å². The summed E-state index contributed by atoms with van der Waals surface area (Å²) in [5, 5.41) is 0. The van der Waals surface area contributed by atoms with E-state index < -0.39 is 11.9 Å². The van der Waals surface area contributed by atoms with Crippen LogP contribution in [0.3, 0.4) is 0 Å². The first-order valence-corrected chi connectivity index (χ1v) is 10.3. The van der Waals surface area contributed by atoms with Gasteiger partial charge in [0.05, 0.1) is 29.9 Å². The molecule has 0 aliphatic carbocycles. The highest BCUT2D eigenvalue weighted by atomic mass is 16.5. The Morgan fingerprint density at radius 3 is 1.59 bits per heavy atom. The number of rotatable bonds is 10. The number of hydrogen-bond acceptors (Lipinski definition) is 6. The van der Waals surface area contributed by atoms with Crippen LogP contribution in [0.4, 0.5) is 0 Å². The van der Waals surface area contributed by atoms with Crippen molar-refractivity contribution in [3.63, 3.8) is 0 Å². The molecule has 0 N–H and O–H groups in total. The fourth-order valence-corrected chi connectivity index (χ4v) is 2.92. The van der Waals surface area contributed by atoms with Crippen LogP contribution < -0.4 is 0 Å². The molecule has 32 heavy (non-hydrogen) atoms. The number of carbonyl (C=O) groups is 3. The van der Waals surface area contributed by atoms with Gasteiger partial charge in [0.2, 0.25) is 0 Å². The molecule has 0 saturated carbocycles. The maximum Gasteiger partial charge on any atom is 0.338 e. The molecule has 0 spiro atoms. The van der Waals surface area contributed by atoms with Gasteiger partial charge in [-0.2, -0.15) is 0 Å². The van der Waals surface area contributed by atoms with Gasteiger partial charge in [-0.3, -0.25) is 0 Å². The lowest BCUT2D eigenvalue weighted by Gasteiger charge is -2.10. The molecule has 6 nitrogen and oxygen atoms in total. The molecule has 0 aliphatic rings. The summed E-state index contributed by atoms with van der Waals surface area (Å²) in [4.78, 5) is 36.5. The third-order valence-electron chi connectivity index (χ3n) is 4.62. The smallest absolute Gasteiger partial charge is 0.338 e. The lowest BCUT2D eigenvalue weighted by molar-refractivity contribution is 0.0419. The van der Waals surface area contributed by atoms with Crippen molar-refractivity contribution in [1.82, 2.24) is 0 Å². The molecule has 0 bridgehead atoms. The lowest BCUT2D eigenvalue weighted by atomic mass is 10.1. The van der Waals surface area contributed by atoms with Crippen molar-refractivity contribution in [1.29, 1.82) is 0 Å². The van der Waals surface area contributed by atoms with Gasteiger partial charge in [-0.25, -0.2) is 14.4 Å². The minimum atomic E-state index is -0.488. The summed E-state index contributed by atoms with van der Waals surface area (Å²) in [6, 6.07) is 24.3. The van der Waals surface area contributed by atoms with Crippen LogP contribution in [0.5, 0.6) is 0 Å². The van der Waals surface area contributed by atoms with Crippen molar-refractivity contribution < 1.29 is 28.6 Å². The van der Waals surface area contributed by atoms with Gasteiger partial charge in [-0.15, -0.1) is 0 Å². The fourth-order valence-electron chi connectivity index (χ4n) is 2.92. The molecule has 0 unspecified atom stereocenters. The summed E-state index contributed by atoms with van der Waals surface area (Å²) >= 11 is 0. The Morgan fingerprint density at radius 1 is 0.531 bits per heavy atom. The molecule has 0 saturated heterocycles. The lowest BCUT2D eigenvalue weighted by Crippen LogP contribution is -2.12. The SMILES string of the molecule is O=C(OCCCCOC(=O)c1ccccc1COC(=O)c1ccccc1)c1ccccc1. The summed E-state index contributed by atoms with van der Waals surface area (Å²) in [5.74, 6) is -1.32. The summed E-state index contributed by atoms with van der Waals surface area (Å²) in [5.41, 5.74) is 1.87. The third-order valence-corrected chi connectivity index (χ3v) is 4.62. The maximum atomic E-state index is 12.5. The van der Waals surface area contributed by atoms with E-state index in [2.05, 4.69) is 0 Å². The van der Waals surface area contributed by atoms with E-state index in [-0.39, 0.29) is 25.8 Å². The highest BCUT2D eigenvalue weighted by Gasteiger charge is 2.14. The predicted molar refractivity (Wildman–Crippen MR) is 118 cm³/mol. The highest BCUT2D eigenvalue weighted by molar-refractivity contribution is 5.92. The standard InChI is InChI=1S/C26H24O6/c27-24(20-11-3-1-4-12-20)30-17-9-10-18-31-26(29)23-16-8-7-15-22(23)19-32-25(28)21-13-5-2-6-14-21/h1-8,11-16H,9-10,17-19H2. The molecule has 0 atom stereocenters. The molecule has 164 valence electrons. The van der Waals surface area contributed by atoms with Gasteiger partial charge in [0, 0.05) is 5.56 Å². The molecule has 3 rings (SSSR count). The average molecular weight is 432 g/mol. The first kappa shape index (κ1) is 22.7. The van der Waals surface area contributed by atoms with Gasteiger partial charge in [0.15, 0.2) is 0 Å². The van der Waals surface area contributed by atoms with Gasteiger partial charge in [-0.05, 0) is 43.2 Å². The molecule has 0 radical (unpaired) electrons. The van der Waals surface area contributed by atoms with E-state index in [1.807, 2.05) is 12.1 Å². The number of esters is 3. The zero-order chi connectivity index (χ0) is 22.6. The van der Waals surface area contributed by atoms with E-state index in [0.29, 0.717) is 35.1 Å². The van der Waals surface area contributed by atoms with Gasteiger partial charge < -0.3 is 14.2 Å². The molecular weight excluding hydrogens is 408 g/mol. The molecule has 0 aliphatic heterocycles. The largest absolute Gasteiger partial charge is 0.462 e. The van der Waals surface area contributed by atoms with Crippen LogP contribution in [-0.2, 0) is 20.8 Å². The summed E-state index contributed by atoms with van der Waals surface area (Å²) in [6.07, 6.45) is 1.13. The number of carbonyl (C=O) groups excluding carboxylic acids is 3. The summed E-state index contributed by atoms with van der Waals surface area (Å²) < 4.78 is 15.9. The monoisotopic (exact) mass is 432 g/mol. The van der Waals surface area contributed by atoms with Crippen LogP contribution in [0.2, 0.25) is 0 Å². The molecule has 0 fully saturated rings. The van der Waals surface area contributed by atoms with E-state index >= 15 is 0 Å². The molecule has 0 heterocycles. The van der Waals surface area contributed by atoms with E-state index in [1.54, 1.807) is 72.8 Å². The van der Waals surface area contributed by atoms with Gasteiger partial charge in [-0.1, -0.05) is 54.6 Å². The molecule has 3 aromatic carbocycles. The Morgan fingerprint density at radius 2 is 1.00 bits per heavy atom. The Bertz CT molecular complexity index is 1030. The summed E-state index contributed by atoms with van der Waals surface area (Å²) in [6.45, 7) is 0.408. The van der Waals surface area contributed by atoms with Crippen molar-refractivity contribution in [3.05, 3.63) is 107 Å². The molecular formula is C26H24O6. The average Bonchev–Trinajstić information content (AvgIpc) is 2.85. The summed E-state index contributed by atoms with van der Waals surface area (Å²) in [7, 11) is 0. The maximum absolute atomic E-state index is 12.5. The van der Waals surface area contributed by atoms with Crippen LogP contribution in [-0.4, -0.2) is 31.1 Å². The second-order valence-corrected chi connectivity index (χ2v) is 6.94. The van der Waals surface area contributed by atoms with E-state index in [9.17, 15) is 14.4 Å². The number of hydrogen-bond donors (Lipinski definition) is 0. The van der Waals surface area contributed by atoms with Crippen LogP contribution in [0.15, 0.2) is 84.9 Å². The topological polar surface area (TPSA) is 78.9 Å². The molecule has 0 amide bonds. The van der Waals surface area contributed by atoms with Crippen LogP contribution in [0.25, 0.3) is 0 Å². The van der Waals surface area contributed by atoms with E-state index in [0.717, 1.165) is 0 Å². The van der Waals surface area contributed by atoms with Crippen LogP contribution >= 0.6 is 0 Å². The highest BCUT2D eigenvalue weighted by Crippen LogP contribution is 2.14. The first-order valence-electron chi connectivity index (χ1n) is 10.3. The zero-order valence-corrected chi connectivity index (χ0v) is 17.6. The molecule has 0 aromatic heterocycles. The molecule has 6 heteroatoms. The Hall–Kier alpha value is -3.93. The third kappa shape index (κ3) is 6.80. The minimum absolute atomic E-state index is 0.0333. The number of ether oxygens (including phenoxy) is 3. The molecule has 3 aromatic rings. The van der Waals surface area contributed by atoms with Crippen molar-refractivity contribution >= 4 is 17.9 Å². The van der Waals surface area contributed by atoms with Crippen LogP contribution in [0, 0.1) is 0 Å². The zero-order valence-electron chi connectivity index (χ0n) is 17.6. The van der Waals surface area contributed by atoms with Crippen molar-refractivity contribution in [2.75, 3.05) is 13.2 Å². The Balaban J connectivity index is 1.40. The second-order valence-electron chi connectivity index (χ2n) is 6.94. The quantitative estimate of drug-likeness (QED) is 0.259. The number of unbranched alkanes of at least 4 members (excludes halogenated alkanes) is 1. The Labute approximate surface area is 186 Å². The van der Waals surface area contributed by atoms with Crippen molar-refractivity contribution in [2.24, 2.45) is 0 Å². The van der Waals surface area contributed by atoms with Gasteiger partial charge in [0.1, 0.15) is 6.61 Å². The van der Waals surface area contributed by atoms with Crippen molar-refractivity contribution in [3.8, 4) is 0 Å². The normalized spacial score (nSPS) is 10.2. The van der Waals surface area contributed by atoms with Crippen LogP contribution in [0.1, 0.15) is 49.5 Å². The fraction of sp³-hybridized carbons (Fsp3) is 0.192. The number of benzene rings is 3. The van der Waals surface area contributed by atoms with E-state index in [4.69, 9.17) is 14.2 Å². The second kappa shape index (κ2) is 12.1. The minimum Gasteiger partial charge on any atom is -0.462 e. The first-order chi connectivity index (χ1) is 15.6. The van der Waals surface area contributed by atoms with E-state index in [1.165, 1.54) is 0 Å². The van der Waals surface area contributed by atoms with Gasteiger partial charge >= 0.3 is 17.9 Å². The Kier molecular flexibility index (Phi) is 8.57.